The molecule has 7 nitrogen and oxygen atoms in total. The summed E-state index contributed by atoms with van der Waals surface area (Å²) in [6, 6.07) is 21.0. The average molecular weight is 478 g/mol. The minimum atomic E-state index is -0.496. The van der Waals surface area contributed by atoms with Crippen LogP contribution in [0.1, 0.15) is 22.3 Å². The van der Waals surface area contributed by atoms with Crippen LogP contribution in [0, 0.1) is 10.1 Å². The van der Waals surface area contributed by atoms with Crippen LogP contribution in [-0.2, 0) is 11.2 Å². The molecule has 0 unspecified atom stereocenters. The number of nitro benzene ring substituents is 1. The molecule has 4 rings (SSSR count). The van der Waals surface area contributed by atoms with Crippen LogP contribution < -0.4 is 5.32 Å². The van der Waals surface area contributed by atoms with Gasteiger partial charge in [-0.3, -0.25) is 19.7 Å². The molecule has 0 bridgehead atoms. The number of benzene rings is 3. The Morgan fingerprint density at radius 2 is 1.79 bits per heavy atom. The predicted molar refractivity (Wildman–Crippen MR) is 131 cm³/mol. The number of nitrogens with zero attached hydrogens (tertiary/aromatic N) is 2. The predicted octanol–water partition coefficient (Wildman–Crippen LogP) is 5.75. The summed E-state index contributed by atoms with van der Waals surface area (Å²) in [5.41, 5.74) is 3.01. The molecular weight excluding hydrogens is 458 g/mol. The lowest BCUT2D eigenvalue weighted by Gasteiger charge is -2.05. The number of ketones is 1. The smallest absolute Gasteiger partial charge is 0.269 e. The van der Waals surface area contributed by atoms with Crippen molar-refractivity contribution in [3.05, 3.63) is 94.0 Å². The number of Topliss-reactive ketones (excluding diaryl/α,β-unsaturated/α-hetero) is 1. The summed E-state index contributed by atoms with van der Waals surface area (Å²) < 4.78 is 1.66. The molecule has 9 heteroatoms. The first kappa shape index (κ1) is 22.6. The molecule has 4 aromatic rings. The van der Waals surface area contributed by atoms with Crippen molar-refractivity contribution >= 4 is 56.4 Å². The number of amides is 1. The molecule has 0 saturated heterocycles. The lowest BCUT2D eigenvalue weighted by molar-refractivity contribution is -0.384. The number of anilines is 1. The summed E-state index contributed by atoms with van der Waals surface area (Å²) in [5, 5.41) is 13.7. The maximum Gasteiger partial charge on any atom is 0.269 e. The van der Waals surface area contributed by atoms with Crippen molar-refractivity contribution in [3.63, 3.8) is 0 Å². The van der Waals surface area contributed by atoms with Crippen molar-refractivity contribution < 1.29 is 14.5 Å². The highest BCUT2D eigenvalue weighted by molar-refractivity contribution is 8.01. The van der Waals surface area contributed by atoms with E-state index in [9.17, 15) is 19.7 Å². The lowest BCUT2D eigenvalue weighted by Crippen LogP contribution is -2.12. The van der Waals surface area contributed by atoms with E-state index in [1.165, 1.54) is 47.4 Å². The third-order valence-electron chi connectivity index (χ3n) is 4.86. The monoisotopic (exact) mass is 477 g/mol. The van der Waals surface area contributed by atoms with Gasteiger partial charge in [0.2, 0.25) is 5.91 Å². The Bertz CT molecular complexity index is 1300. The van der Waals surface area contributed by atoms with E-state index in [0.29, 0.717) is 24.1 Å². The van der Waals surface area contributed by atoms with Gasteiger partial charge >= 0.3 is 0 Å². The van der Waals surface area contributed by atoms with Crippen molar-refractivity contribution in [3.8, 4) is 0 Å². The lowest BCUT2D eigenvalue weighted by atomic mass is 10.1. The highest BCUT2D eigenvalue weighted by Gasteiger charge is 2.13. The summed E-state index contributed by atoms with van der Waals surface area (Å²) in [4.78, 5) is 39.5. The van der Waals surface area contributed by atoms with Gasteiger partial charge in [0.05, 0.1) is 20.9 Å². The van der Waals surface area contributed by atoms with Gasteiger partial charge in [-0.05, 0) is 42.3 Å². The molecule has 0 radical (unpaired) electrons. The Kier molecular flexibility index (Phi) is 7.11. The maximum absolute atomic E-state index is 12.4. The first-order valence-corrected chi connectivity index (χ1v) is 11.9. The molecule has 0 aliphatic heterocycles. The van der Waals surface area contributed by atoms with Crippen LogP contribution in [0.3, 0.4) is 0 Å². The molecule has 0 fully saturated rings. The van der Waals surface area contributed by atoms with E-state index in [0.717, 1.165) is 20.1 Å². The van der Waals surface area contributed by atoms with Gasteiger partial charge in [-0.1, -0.05) is 42.1 Å². The standard InChI is InChI=1S/C24H19N3O4S2/c28-21(17-7-10-19(11-8-17)27(30)31)15-32-24-26-20-12-9-18(14-22(20)33-24)25-23(29)13-6-16-4-2-1-3-5-16/h1-5,7-12,14H,6,13,15H2,(H,25,29). The van der Waals surface area contributed by atoms with Gasteiger partial charge in [-0.15, -0.1) is 11.3 Å². The fraction of sp³-hybridized carbons (Fsp3) is 0.125. The number of nitrogens with one attached hydrogen (secondary N) is 1. The van der Waals surface area contributed by atoms with E-state index < -0.39 is 4.92 Å². The molecule has 3 aromatic carbocycles. The second kappa shape index (κ2) is 10.4. The Hall–Kier alpha value is -3.56. The fourth-order valence-corrected chi connectivity index (χ4v) is 5.15. The van der Waals surface area contributed by atoms with E-state index in [2.05, 4.69) is 10.3 Å². The van der Waals surface area contributed by atoms with Gasteiger partial charge in [-0.25, -0.2) is 4.98 Å². The van der Waals surface area contributed by atoms with Gasteiger partial charge in [-0.2, -0.15) is 0 Å². The topological polar surface area (TPSA) is 102 Å². The van der Waals surface area contributed by atoms with Gasteiger partial charge in [0.25, 0.3) is 5.69 Å². The number of non-ortho nitro benzene ring substituents is 1. The molecule has 1 amide bonds. The van der Waals surface area contributed by atoms with Crippen LogP contribution in [0.15, 0.2) is 77.1 Å². The summed E-state index contributed by atoms with van der Waals surface area (Å²) in [5.74, 6) is 0.00676. The maximum atomic E-state index is 12.4. The Morgan fingerprint density at radius 3 is 2.52 bits per heavy atom. The SMILES string of the molecule is O=C(CCc1ccccc1)Nc1ccc2nc(SCC(=O)c3ccc([N+](=O)[O-])cc3)sc2c1. The first-order chi connectivity index (χ1) is 16.0. The first-order valence-electron chi connectivity index (χ1n) is 10.1. The molecule has 0 saturated carbocycles. The number of carbonyl (C=O) groups is 2. The number of aromatic nitrogens is 1. The molecule has 0 atom stereocenters. The normalized spacial score (nSPS) is 10.8. The van der Waals surface area contributed by atoms with Gasteiger partial charge < -0.3 is 5.32 Å². The van der Waals surface area contributed by atoms with Gasteiger partial charge in [0.15, 0.2) is 10.1 Å². The third kappa shape index (κ3) is 6.03. The molecule has 0 aliphatic rings. The van der Waals surface area contributed by atoms with Crippen LogP contribution in [0.25, 0.3) is 10.2 Å². The average Bonchev–Trinajstić information content (AvgIpc) is 3.24. The van der Waals surface area contributed by atoms with Crippen LogP contribution in [0.2, 0.25) is 0 Å². The number of carbonyl (C=O) groups excluding carboxylic acids is 2. The van der Waals surface area contributed by atoms with Crippen molar-refractivity contribution in [2.75, 3.05) is 11.1 Å². The molecule has 1 heterocycles. The molecule has 1 aromatic heterocycles. The van der Waals surface area contributed by atoms with Crippen molar-refractivity contribution in [2.24, 2.45) is 0 Å². The highest BCUT2D eigenvalue weighted by Crippen LogP contribution is 2.31. The Labute approximate surface area is 198 Å². The number of fused-ring (bicyclic) bond motifs is 1. The minimum absolute atomic E-state index is 0.0478. The van der Waals surface area contributed by atoms with E-state index in [1.807, 2.05) is 48.5 Å². The molecule has 0 aliphatic carbocycles. The van der Waals surface area contributed by atoms with Crippen LogP contribution in [-0.4, -0.2) is 27.4 Å². The Balaban J connectivity index is 1.34. The second-order valence-electron chi connectivity index (χ2n) is 7.21. The molecular formula is C24H19N3O4S2. The van der Waals surface area contributed by atoms with Gasteiger partial charge in [0, 0.05) is 29.8 Å². The zero-order valence-corrected chi connectivity index (χ0v) is 19.0. The number of thioether (sulfide) groups is 1. The Morgan fingerprint density at radius 1 is 1.03 bits per heavy atom. The fourth-order valence-electron chi connectivity index (χ4n) is 3.15. The summed E-state index contributed by atoms with van der Waals surface area (Å²) in [6.45, 7) is 0. The third-order valence-corrected chi connectivity index (χ3v) is 7.02. The second-order valence-corrected chi connectivity index (χ2v) is 9.47. The number of hydrogen-bond donors (Lipinski definition) is 1. The number of thiazole rings is 1. The highest BCUT2D eigenvalue weighted by atomic mass is 32.2. The molecule has 1 N–H and O–H groups in total. The minimum Gasteiger partial charge on any atom is -0.326 e. The van der Waals surface area contributed by atoms with Gasteiger partial charge in [0.1, 0.15) is 0 Å². The van der Waals surface area contributed by atoms with E-state index in [-0.39, 0.29) is 23.1 Å². The summed E-state index contributed by atoms with van der Waals surface area (Å²) in [6.07, 6.45) is 1.08. The quantitative estimate of drug-likeness (QED) is 0.142. The number of aryl methyl sites for hydroxylation is 1. The van der Waals surface area contributed by atoms with Crippen molar-refractivity contribution in [1.29, 1.82) is 0 Å². The van der Waals surface area contributed by atoms with E-state index in [1.54, 1.807) is 0 Å². The summed E-state index contributed by atoms with van der Waals surface area (Å²) >= 11 is 2.77. The van der Waals surface area contributed by atoms with Crippen molar-refractivity contribution in [2.45, 2.75) is 17.2 Å². The number of hydrogen-bond acceptors (Lipinski definition) is 7. The van der Waals surface area contributed by atoms with E-state index in [4.69, 9.17) is 0 Å². The zero-order chi connectivity index (χ0) is 23.2. The van der Waals surface area contributed by atoms with Crippen LogP contribution >= 0.6 is 23.1 Å². The zero-order valence-electron chi connectivity index (χ0n) is 17.4. The van der Waals surface area contributed by atoms with Crippen LogP contribution in [0.4, 0.5) is 11.4 Å². The molecule has 0 spiro atoms. The van der Waals surface area contributed by atoms with Crippen molar-refractivity contribution in [1.82, 2.24) is 4.98 Å². The summed E-state index contributed by atoms with van der Waals surface area (Å²) in [7, 11) is 0. The van der Waals surface area contributed by atoms with Crippen LogP contribution in [0.5, 0.6) is 0 Å². The molecule has 166 valence electrons. The number of rotatable bonds is 9. The van der Waals surface area contributed by atoms with E-state index >= 15 is 0 Å². The molecule has 33 heavy (non-hydrogen) atoms. The number of nitro groups is 1. The largest absolute Gasteiger partial charge is 0.326 e.